The van der Waals surface area contributed by atoms with E-state index in [1.165, 1.54) is 12.1 Å². The first kappa shape index (κ1) is 11.9. The largest absolute Gasteiger partial charge is 0.494 e. The summed E-state index contributed by atoms with van der Waals surface area (Å²) in [5.74, 6) is 0.360. The Morgan fingerprint density at radius 3 is 2.31 bits per heavy atom. The van der Waals surface area contributed by atoms with Crippen molar-refractivity contribution in [3.63, 3.8) is 0 Å². The molecule has 0 radical (unpaired) electrons. The first-order chi connectivity index (χ1) is 6.22. The van der Waals surface area contributed by atoms with Crippen LogP contribution in [-0.4, -0.2) is 6.61 Å². The normalized spacial score (nSPS) is 8.69. The summed E-state index contributed by atoms with van der Waals surface area (Å²) in [7, 11) is 0. The summed E-state index contributed by atoms with van der Waals surface area (Å²) in [5.41, 5.74) is 0.883. The van der Waals surface area contributed by atoms with Crippen LogP contribution in [-0.2, 0) is 0 Å². The summed E-state index contributed by atoms with van der Waals surface area (Å²) in [6.07, 6.45) is 0. The van der Waals surface area contributed by atoms with E-state index in [1.54, 1.807) is 0 Å². The summed E-state index contributed by atoms with van der Waals surface area (Å²) in [4.78, 5) is 0. The lowest BCUT2D eigenvalue weighted by molar-refractivity contribution is 0.338. The number of aryl methyl sites for hydroxylation is 1. The van der Waals surface area contributed by atoms with Crippen LogP contribution in [0.25, 0.3) is 0 Å². The van der Waals surface area contributed by atoms with Crippen molar-refractivity contribution in [3.05, 3.63) is 29.6 Å². The quantitative estimate of drug-likeness (QED) is 0.682. The van der Waals surface area contributed by atoms with E-state index >= 15 is 0 Å². The van der Waals surface area contributed by atoms with Crippen LogP contribution in [0, 0.1) is 12.7 Å². The van der Waals surface area contributed by atoms with Crippen molar-refractivity contribution in [2.75, 3.05) is 6.61 Å². The highest BCUT2D eigenvalue weighted by atomic mass is 19.1. The van der Waals surface area contributed by atoms with E-state index in [-0.39, 0.29) is 5.82 Å². The van der Waals surface area contributed by atoms with Crippen LogP contribution in [0.2, 0.25) is 0 Å². The monoisotopic (exact) mass is 184 g/mol. The van der Waals surface area contributed by atoms with Crippen molar-refractivity contribution in [1.29, 1.82) is 0 Å². The Morgan fingerprint density at radius 2 is 1.85 bits per heavy atom. The Labute approximate surface area is 79.5 Å². The highest BCUT2D eigenvalue weighted by molar-refractivity contribution is 5.28. The number of ether oxygens (including phenoxy) is 1. The fourth-order valence-electron chi connectivity index (χ4n) is 0.953. The zero-order valence-corrected chi connectivity index (χ0v) is 8.73. The van der Waals surface area contributed by atoms with Crippen LogP contribution in [0.5, 0.6) is 5.75 Å². The molecular formula is C11H17FO. The van der Waals surface area contributed by atoms with Crippen molar-refractivity contribution in [2.24, 2.45) is 0 Å². The smallest absolute Gasteiger partial charge is 0.127 e. The van der Waals surface area contributed by atoms with E-state index in [2.05, 4.69) is 0 Å². The summed E-state index contributed by atoms with van der Waals surface area (Å²) in [6, 6.07) is 4.67. The molecule has 0 spiro atoms. The topological polar surface area (TPSA) is 9.23 Å². The van der Waals surface area contributed by atoms with Crippen LogP contribution in [0.15, 0.2) is 18.2 Å². The van der Waals surface area contributed by atoms with Crippen molar-refractivity contribution < 1.29 is 9.13 Å². The summed E-state index contributed by atoms with van der Waals surface area (Å²) < 4.78 is 17.8. The average Bonchev–Trinajstić information content (AvgIpc) is 2.06. The van der Waals surface area contributed by atoms with Gasteiger partial charge in [0.15, 0.2) is 0 Å². The van der Waals surface area contributed by atoms with E-state index in [9.17, 15) is 4.39 Å². The van der Waals surface area contributed by atoms with Crippen LogP contribution >= 0.6 is 0 Å². The lowest BCUT2D eigenvalue weighted by Crippen LogP contribution is -1.92. The maximum Gasteiger partial charge on any atom is 0.127 e. The SMILES string of the molecule is CC.CCOc1cc(C)cc(F)c1. The van der Waals surface area contributed by atoms with E-state index in [0.717, 1.165) is 5.56 Å². The van der Waals surface area contributed by atoms with Gasteiger partial charge in [0.1, 0.15) is 11.6 Å². The predicted molar refractivity (Wildman–Crippen MR) is 53.7 cm³/mol. The molecule has 1 rings (SSSR count). The van der Waals surface area contributed by atoms with Crippen LogP contribution < -0.4 is 4.74 Å². The molecule has 0 bridgehead atoms. The predicted octanol–water partition coefficient (Wildman–Crippen LogP) is 3.56. The number of halogens is 1. The van der Waals surface area contributed by atoms with Crippen molar-refractivity contribution in [1.82, 2.24) is 0 Å². The molecule has 0 saturated carbocycles. The van der Waals surface area contributed by atoms with Gasteiger partial charge >= 0.3 is 0 Å². The van der Waals surface area contributed by atoms with Gasteiger partial charge in [-0.05, 0) is 31.5 Å². The van der Waals surface area contributed by atoms with Crippen molar-refractivity contribution >= 4 is 0 Å². The molecule has 2 heteroatoms. The molecule has 0 N–H and O–H groups in total. The van der Waals surface area contributed by atoms with Gasteiger partial charge in [-0.1, -0.05) is 13.8 Å². The minimum absolute atomic E-state index is 0.242. The Balaban J connectivity index is 0.000000671. The molecule has 0 aliphatic rings. The van der Waals surface area contributed by atoms with Gasteiger partial charge in [-0.25, -0.2) is 4.39 Å². The molecule has 0 saturated heterocycles. The third-order valence-electron chi connectivity index (χ3n) is 1.33. The number of rotatable bonds is 2. The van der Waals surface area contributed by atoms with Gasteiger partial charge in [-0.2, -0.15) is 0 Å². The summed E-state index contributed by atoms with van der Waals surface area (Å²) in [6.45, 7) is 8.29. The molecule has 1 aromatic rings. The summed E-state index contributed by atoms with van der Waals surface area (Å²) >= 11 is 0. The van der Waals surface area contributed by atoms with Crippen LogP contribution in [0.3, 0.4) is 0 Å². The van der Waals surface area contributed by atoms with Gasteiger partial charge in [0.25, 0.3) is 0 Å². The first-order valence-electron chi connectivity index (χ1n) is 4.62. The molecule has 1 aromatic carbocycles. The van der Waals surface area contributed by atoms with Gasteiger partial charge in [-0.3, -0.25) is 0 Å². The standard InChI is InChI=1S/C9H11FO.C2H6/c1-3-11-9-5-7(2)4-8(10)6-9;1-2/h4-6H,3H2,1-2H3;1-2H3. The number of hydrogen-bond acceptors (Lipinski definition) is 1. The zero-order chi connectivity index (χ0) is 10.3. The molecule has 74 valence electrons. The zero-order valence-electron chi connectivity index (χ0n) is 8.73. The van der Waals surface area contributed by atoms with Gasteiger partial charge in [0.2, 0.25) is 0 Å². The maximum atomic E-state index is 12.7. The third kappa shape index (κ3) is 4.51. The molecule has 0 heterocycles. The second-order valence-corrected chi connectivity index (χ2v) is 2.40. The Hall–Kier alpha value is -1.05. The van der Waals surface area contributed by atoms with E-state index < -0.39 is 0 Å². The summed E-state index contributed by atoms with van der Waals surface area (Å²) in [5, 5.41) is 0. The molecule has 1 nitrogen and oxygen atoms in total. The van der Waals surface area contributed by atoms with Crippen LogP contribution in [0.1, 0.15) is 26.3 Å². The number of benzene rings is 1. The molecular weight excluding hydrogens is 167 g/mol. The van der Waals surface area contributed by atoms with Gasteiger partial charge in [-0.15, -0.1) is 0 Å². The molecule has 0 aliphatic carbocycles. The molecule has 0 aliphatic heterocycles. The second kappa shape index (κ2) is 6.46. The highest BCUT2D eigenvalue weighted by Gasteiger charge is 1.96. The van der Waals surface area contributed by atoms with Crippen molar-refractivity contribution in [2.45, 2.75) is 27.7 Å². The van der Waals surface area contributed by atoms with Gasteiger partial charge < -0.3 is 4.74 Å². The highest BCUT2D eigenvalue weighted by Crippen LogP contribution is 2.15. The minimum atomic E-state index is -0.242. The molecule has 13 heavy (non-hydrogen) atoms. The molecule has 0 fully saturated rings. The third-order valence-corrected chi connectivity index (χ3v) is 1.33. The lowest BCUT2D eigenvalue weighted by atomic mass is 10.2. The fourth-order valence-corrected chi connectivity index (χ4v) is 0.953. The second-order valence-electron chi connectivity index (χ2n) is 2.40. The Bertz CT molecular complexity index is 226. The maximum absolute atomic E-state index is 12.7. The molecule has 0 unspecified atom stereocenters. The Morgan fingerprint density at radius 1 is 1.23 bits per heavy atom. The van der Waals surface area contributed by atoms with Gasteiger partial charge in [0, 0.05) is 6.07 Å². The fraction of sp³-hybridized carbons (Fsp3) is 0.455. The van der Waals surface area contributed by atoms with Crippen molar-refractivity contribution in [3.8, 4) is 5.75 Å². The Kier molecular flexibility index (Phi) is 5.94. The van der Waals surface area contributed by atoms with E-state index in [4.69, 9.17) is 4.74 Å². The molecule has 0 aromatic heterocycles. The van der Waals surface area contributed by atoms with Crippen LogP contribution in [0.4, 0.5) is 4.39 Å². The molecule has 0 atom stereocenters. The minimum Gasteiger partial charge on any atom is -0.494 e. The first-order valence-corrected chi connectivity index (χ1v) is 4.62. The number of hydrogen-bond donors (Lipinski definition) is 0. The van der Waals surface area contributed by atoms with E-state index in [1.807, 2.05) is 33.8 Å². The lowest BCUT2D eigenvalue weighted by Gasteiger charge is -2.03. The average molecular weight is 184 g/mol. The van der Waals surface area contributed by atoms with Gasteiger partial charge in [0.05, 0.1) is 6.61 Å². The van der Waals surface area contributed by atoms with E-state index in [0.29, 0.717) is 12.4 Å². The molecule has 0 amide bonds.